The third-order valence-electron chi connectivity index (χ3n) is 2.32. The minimum absolute atomic E-state index is 0.0479. The Kier molecular flexibility index (Phi) is 5.17. The summed E-state index contributed by atoms with van der Waals surface area (Å²) in [5, 5.41) is 11.7. The molecule has 0 aliphatic carbocycles. The maximum Gasteiger partial charge on any atom is 0.224 e. The van der Waals surface area contributed by atoms with Gasteiger partial charge in [-0.05, 0) is 30.5 Å². The van der Waals surface area contributed by atoms with E-state index in [9.17, 15) is 4.79 Å². The van der Waals surface area contributed by atoms with Gasteiger partial charge < -0.3 is 5.32 Å². The number of hydrogen-bond donors (Lipinski definition) is 1. The van der Waals surface area contributed by atoms with E-state index in [2.05, 4.69) is 41.2 Å². The van der Waals surface area contributed by atoms with Gasteiger partial charge in [0.15, 0.2) is 0 Å². The Morgan fingerprint density at radius 1 is 1.53 bits per heavy atom. The first kappa shape index (κ1) is 13.7. The zero-order valence-corrected chi connectivity index (χ0v) is 11.5. The Hall–Kier alpha value is -1.34. The lowest BCUT2D eigenvalue weighted by Gasteiger charge is -2.08. The molecule has 0 fully saturated rings. The van der Waals surface area contributed by atoms with Crippen LogP contribution in [0.3, 0.4) is 0 Å². The average molecular weight is 295 g/mol. The van der Waals surface area contributed by atoms with Crippen molar-refractivity contribution in [3.63, 3.8) is 0 Å². The van der Waals surface area contributed by atoms with Crippen LogP contribution < -0.4 is 5.32 Å². The van der Waals surface area contributed by atoms with Crippen LogP contribution in [0.25, 0.3) is 0 Å². The van der Waals surface area contributed by atoms with Crippen LogP contribution in [0.15, 0.2) is 22.7 Å². The fourth-order valence-electron chi connectivity index (χ4n) is 1.35. The molecule has 0 saturated carbocycles. The van der Waals surface area contributed by atoms with Gasteiger partial charge >= 0.3 is 0 Å². The Balaban J connectivity index is 2.71. The van der Waals surface area contributed by atoms with Gasteiger partial charge in [0.2, 0.25) is 5.91 Å². The van der Waals surface area contributed by atoms with Crippen LogP contribution in [0, 0.1) is 17.2 Å². The van der Waals surface area contributed by atoms with E-state index >= 15 is 0 Å². The highest BCUT2D eigenvalue weighted by Crippen LogP contribution is 2.21. The van der Waals surface area contributed by atoms with E-state index < -0.39 is 0 Å². The molecule has 1 rings (SSSR count). The lowest BCUT2D eigenvalue weighted by atomic mass is 10.1. The summed E-state index contributed by atoms with van der Waals surface area (Å²) in [6.45, 7) is 4.15. The number of hydrogen-bond acceptors (Lipinski definition) is 2. The molecule has 0 saturated heterocycles. The van der Waals surface area contributed by atoms with Crippen LogP contribution in [-0.2, 0) is 4.79 Å². The number of carbonyl (C=O) groups excluding carboxylic acids is 1. The SMILES string of the molecule is CC(C)CCC(=O)Nc1cc(Br)ccc1C#N. The highest BCUT2D eigenvalue weighted by Gasteiger charge is 2.08. The van der Waals surface area contributed by atoms with E-state index in [1.807, 2.05) is 0 Å². The highest BCUT2D eigenvalue weighted by atomic mass is 79.9. The topological polar surface area (TPSA) is 52.9 Å². The first-order valence-electron chi connectivity index (χ1n) is 5.52. The number of anilines is 1. The lowest BCUT2D eigenvalue weighted by Crippen LogP contribution is -2.13. The van der Waals surface area contributed by atoms with Crippen molar-refractivity contribution in [2.24, 2.45) is 5.92 Å². The molecule has 0 unspecified atom stereocenters. The molecular weight excluding hydrogens is 280 g/mol. The number of benzene rings is 1. The largest absolute Gasteiger partial charge is 0.325 e. The standard InChI is InChI=1S/C13H15BrN2O/c1-9(2)3-6-13(17)16-12-7-11(14)5-4-10(12)8-15/h4-5,7,9H,3,6H2,1-2H3,(H,16,17). The van der Waals surface area contributed by atoms with E-state index in [0.717, 1.165) is 10.9 Å². The van der Waals surface area contributed by atoms with Gasteiger partial charge in [0.25, 0.3) is 0 Å². The molecule has 1 amide bonds. The monoisotopic (exact) mass is 294 g/mol. The average Bonchev–Trinajstić information content (AvgIpc) is 2.27. The molecule has 17 heavy (non-hydrogen) atoms. The number of nitriles is 1. The van der Waals surface area contributed by atoms with Crippen molar-refractivity contribution in [1.29, 1.82) is 5.26 Å². The van der Waals surface area contributed by atoms with Crippen LogP contribution in [-0.4, -0.2) is 5.91 Å². The van der Waals surface area contributed by atoms with Crippen molar-refractivity contribution in [2.45, 2.75) is 26.7 Å². The second-order valence-corrected chi connectivity index (χ2v) is 5.20. The zero-order valence-electron chi connectivity index (χ0n) is 9.96. The molecular formula is C13H15BrN2O. The van der Waals surface area contributed by atoms with Crippen LogP contribution in [0.2, 0.25) is 0 Å². The highest BCUT2D eigenvalue weighted by molar-refractivity contribution is 9.10. The second-order valence-electron chi connectivity index (χ2n) is 4.28. The van der Waals surface area contributed by atoms with Crippen molar-refractivity contribution in [1.82, 2.24) is 0 Å². The molecule has 0 aromatic heterocycles. The predicted molar refractivity (Wildman–Crippen MR) is 71.6 cm³/mol. The fourth-order valence-corrected chi connectivity index (χ4v) is 1.71. The van der Waals surface area contributed by atoms with Gasteiger partial charge in [0.1, 0.15) is 6.07 Å². The smallest absolute Gasteiger partial charge is 0.224 e. The summed E-state index contributed by atoms with van der Waals surface area (Å²) in [5.41, 5.74) is 1.04. The molecule has 1 aromatic rings. The van der Waals surface area contributed by atoms with Gasteiger partial charge in [0, 0.05) is 10.9 Å². The Labute approximate surface area is 110 Å². The summed E-state index contributed by atoms with van der Waals surface area (Å²) < 4.78 is 0.843. The molecule has 3 nitrogen and oxygen atoms in total. The predicted octanol–water partition coefficient (Wildman–Crippen LogP) is 3.70. The van der Waals surface area contributed by atoms with E-state index in [1.165, 1.54) is 0 Å². The molecule has 1 N–H and O–H groups in total. The Morgan fingerprint density at radius 2 is 2.24 bits per heavy atom. The maximum atomic E-state index is 11.7. The number of rotatable bonds is 4. The molecule has 0 atom stereocenters. The van der Waals surface area contributed by atoms with Crippen molar-refractivity contribution in [2.75, 3.05) is 5.32 Å². The number of amides is 1. The van der Waals surface area contributed by atoms with Gasteiger partial charge in [-0.15, -0.1) is 0 Å². The first-order chi connectivity index (χ1) is 8.02. The minimum Gasteiger partial charge on any atom is -0.325 e. The van der Waals surface area contributed by atoms with E-state index in [1.54, 1.807) is 18.2 Å². The summed E-state index contributed by atoms with van der Waals surface area (Å²) in [6, 6.07) is 7.26. The van der Waals surface area contributed by atoms with Gasteiger partial charge in [-0.25, -0.2) is 0 Å². The van der Waals surface area contributed by atoms with E-state index in [-0.39, 0.29) is 5.91 Å². The Bertz CT molecular complexity index is 449. The van der Waals surface area contributed by atoms with Crippen LogP contribution in [0.4, 0.5) is 5.69 Å². The maximum absolute atomic E-state index is 11.7. The van der Waals surface area contributed by atoms with Gasteiger partial charge in [0.05, 0.1) is 11.3 Å². The number of carbonyl (C=O) groups is 1. The molecule has 0 aliphatic rings. The normalized spacial score (nSPS) is 10.1. The van der Waals surface area contributed by atoms with E-state index in [4.69, 9.17) is 5.26 Å². The van der Waals surface area contributed by atoms with Crippen molar-refractivity contribution >= 4 is 27.5 Å². The molecule has 90 valence electrons. The second kappa shape index (κ2) is 6.41. The molecule has 0 bridgehead atoms. The molecule has 0 radical (unpaired) electrons. The molecule has 0 spiro atoms. The van der Waals surface area contributed by atoms with Crippen molar-refractivity contribution in [3.05, 3.63) is 28.2 Å². The third-order valence-corrected chi connectivity index (χ3v) is 2.82. The van der Waals surface area contributed by atoms with Crippen molar-refractivity contribution in [3.8, 4) is 6.07 Å². The van der Waals surface area contributed by atoms with Gasteiger partial charge in [-0.1, -0.05) is 29.8 Å². The summed E-state index contributed by atoms with van der Waals surface area (Å²) >= 11 is 3.32. The summed E-state index contributed by atoms with van der Waals surface area (Å²) in [6.07, 6.45) is 1.33. The van der Waals surface area contributed by atoms with Crippen LogP contribution >= 0.6 is 15.9 Å². The lowest BCUT2D eigenvalue weighted by molar-refractivity contribution is -0.116. The summed E-state index contributed by atoms with van der Waals surface area (Å²) in [4.78, 5) is 11.7. The zero-order chi connectivity index (χ0) is 12.8. The Morgan fingerprint density at radius 3 is 2.82 bits per heavy atom. The molecule has 4 heteroatoms. The van der Waals surface area contributed by atoms with E-state index in [0.29, 0.717) is 23.6 Å². The van der Waals surface area contributed by atoms with Crippen LogP contribution in [0.1, 0.15) is 32.3 Å². The first-order valence-corrected chi connectivity index (χ1v) is 6.31. The summed E-state index contributed by atoms with van der Waals surface area (Å²) in [5.74, 6) is 0.451. The van der Waals surface area contributed by atoms with Crippen molar-refractivity contribution < 1.29 is 4.79 Å². The number of nitrogens with one attached hydrogen (secondary N) is 1. The number of nitrogens with zero attached hydrogens (tertiary/aromatic N) is 1. The van der Waals surface area contributed by atoms with Gasteiger partial charge in [-0.2, -0.15) is 5.26 Å². The molecule has 0 aliphatic heterocycles. The quantitative estimate of drug-likeness (QED) is 0.921. The molecule has 0 heterocycles. The minimum atomic E-state index is -0.0479. The van der Waals surface area contributed by atoms with Crippen LogP contribution in [0.5, 0.6) is 0 Å². The summed E-state index contributed by atoms with van der Waals surface area (Å²) in [7, 11) is 0. The fraction of sp³-hybridized carbons (Fsp3) is 0.385. The third kappa shape index (κ3) is 4.58. The van der Waals surface area contributed by atoms with Gasteiger partial charge in [-0.3, -0.25) is 4.79 Å². The number of halogens is 1. The molecule has 1 aromatic carbocycles.